The molecule has 1 aliphatic heterocycles. The Morgan fingerprint density at radius 1 is 1.09 bits per heavy atom. The van der Waals surface area contributed by atoms with Crippen molar-refractivity contribution in [1.82, 2.24) is 19.3 Å². The van der Waals surface area contributed by atoms with E-state index in [0.29, 0.717) is 42.3 Å². The topological polar surface area (TPSA) is 86.8 Å². The molecule has 0 atom stereocenters. The molecule has 0 unspecified atom stereocenters. The minimum absolute atomic E-state index is 0.0603. The zero-order valence-corrected chi connectivity index (χ0v) is 19.6. The van der Waals surface area contributed by atoms with Gasteiger partial charge in [0.2, 0.25) is 0 Å². The van der Waals surface area contributed by atoms with Crippen molar-refractivity contribution < 1.29 is 9.53 Å². The van der Waals surface area contributed by atoms with Crippen molar-refractivity contribution in [2.75, 3.05) is 31.1 Å². The van der Waals surface area contributed by atoms with Crippen molar-refractivity contribution >= 4 is 17.4 Å². The lowest BCUT2D eigenvalue weighted by molar-refractivity contribution is 0.0762. The predicted octanol–water partition coefficient (Wildman–Crippen LogP) is 3.84. The van der Waals surface area contributed by atoms with Gasteiger partial charge in [-0.1, -0.05) is 18.2 Å². The van der Waals surface area contributed by atoms with Gasteiger partial charge in [0.15, 0.2) is 0 Å². The average Bonchev–Trinajstić information content (AvgIpc) is 3.17. The number of imidazole rings is 1. The van der Waals surface area contributed by atoms with Crippen molar-refractivity contribution in [3.63, 3.8) is 0 Å². The Balaban J connectivity index is 1.29. The number of rotatable bonds is 5. The van der Waals surface area contributed by atoms with Crippen LogP contribution in [0.5, 0.6) is 5.75 Å². The van der Waals surface area contributed by atoms with Crippen LogP contribution in [-0.4, -0.2) is 51.4 Å². The number of aromatic nitrogens is 3. The van der Waals surface area contributed by atoms with Crippen molar-refractivity contribution in [3.05, 3.63) is 89.5 Å². The molecular weight excluding hydrogens is 440 g/mol. The number of fused-ring (bicyclic) bond motifs is 1. The summed E-state index contributed by atoms with van der Waals surface area (Å²) in [7, 11) is 0. The number of hydrogen-bond donors (Lipinski definition) is 0. The number of pyridine rings is 2. The molecule has 1 aliphatic rings. The minimum atomic E-state index is -0.0603. The first kappa shape index (κ1) is 22.4. The van der Waals surface area contributed by atoms with Gasteiger partial charge >= 0.3 is 0 Å². The molecule has 8 heteroatoms. The van der Waals surface area contributed by atoms with E-state index in [-0.39, 0.29) is 12.5 Å². The monoisotopic (exact) mass is 466 g/mol. The van der Waals surface area contributed by atoms with E-state index in [0.717, 1.165) is 29.9 Å². The Morgan fingerprint density at radius 2 is 1.97 bits per heavy atom. The van der Waals surface area contributed by atoms with Crippen LogP contribution in [0.25, 0.3) is 5.65 Å². The van der Waals surface area contributed by atoms with Crippen molar-refractivity contribution in [3.8, 4) is 11.8 Å². The molecule has 0 N–H and O–H groups in total. The van der Waals surface area contributed by atoms with E-state index in [2.05, 4.69) is 20.9 Å². The highest BCUT2D eigenvalue weighted by Gasteiger charge is 2.24. The minimum Gasteiger partial charge on any atom is -0.486 e. The van der Waals surface area contributed by atoms with Crippen LogP contribution in [0.1, 0.15) is 33.6 Å². The highest BCUT2D eigenvalue weighted by Crippen LogP contribution is 2.24. The quantitative estimate of drug-likeness (QED) is 0.444. The third-order valence-electron chi connectivity index (χ3n) is 6.21. The molecular formula is C27H26N6O2. The van der Waals surface area contributed by atoms with Gasteiger partial charge in [-0.3, -0.25) is 4.79 Å². The van der Waals surface area contributed by atoms with Gasteiger partial charge in [0.05, 0.1) is 16.8 Å². The van der Waals surface area contributed by atoms with E-state index in [4.69, 9.17) is 4.74 Å². The van der Waals surface area contributed by atoms with Crippen LogP contribution < -0.4 is 9.64 Å². The van der Waals surface area contributed by atoms with E-state index in [1.807, 2.05) is 58.9 Å². The maximum absolute atomic E-state index is 13.5. The molecule has 0 saturated carbocycles. The van der Waals surface area contributed by atoms with Crippen LogP contribution in [0.3, 0.4) is 0 Å². The lowest BCUT2D eigenvalue weighted by Crippen LogP contribution is -2.35. The molecule has 4 heterocycles. The highest BCUT2D eigenvalue weighted by molar-refractivity contribution is 5.97. The second kappa shape index (κ2) is 9.85. The number of nitriles is 1. The standard InChI is InChI=1S/C27H26N6O2/c1-20-7-5-12-33-18-22(30-25(20)33)19-35-24-10-3-2-9-23(24)27(34)32-14-6-13-31(15-16-32)26-21(17-28)8-4-11-29-26/h2-5,7-12,18H,6,13-16,19H2,1H3. The van der Waals surface area contributed by atoms with Gasteiger partial charge in [0.25, 0.3) is 5.91 Å². The molecule has 0 spiro atoms. The second-order valence-corrected chi connectivity index (χ2v) is 8.56. The summed E-state index contributed by atoms with van der Waals surface area (Å²) < 4.78 is 8.06. The molecule has 4 aromatic rings. The zero-order chi connectivity index (χ0) is 24.2. The summed E-state index contributed by atoms with van der Waals surface area (Å²) in [5, 5.41) is 9.43. The van der Waals surface area contributed by atoms with Gasteiger partial charge in [0, 0.05) is 44.8 Å². The summed E-state index contributed by atoms with van der Waals surface area (Å²) in [6.07, 6.45) is 6.39. The summed E-state index contributed by atoms with van der Waals surface area (Å²) >= 11 is 0. The molecule has 35 heavy (non-hydrogen) atoms. The molecule has 1 aromatic carbocycles. The summed E-state index contributed by atoms with van der Waals surface area (Å²) in [5.74, 6) is 1.16. The number of para-hydroxylation sites is 1. The molecule has 0 radical (unpaired) electrons. The smallest absolute Gasteiger partial charge is 0.257 e. The number of ether oxygens (including phenoxy) is 1. The molecule has 1 amide bonds. The number of anilines is 1. The Bertz CT molecular complexity index is 1410. The fourth-order valence-electron chi connectivity index (χ4n) is 4.43. The number of benzene rings is 1. The van der Waals surface area contributed by atoms with Crippen LogP contribution in [0.2, 0.25) is 0 Å². The largest absolute Gasteiger partial charge is 0.486 e. The molecule has 1 saturated heterocycles. The maximum Gasteiger partial charge on any atom is 0.257 e. The number of carbonyl (C=O) groups is 1. The normalized spacial score (nSPS) is 13.9. The van der Waals surface area contributed by atoms with Gasteiger partial charge in [-0.2, -0.15) is 5.26 Å². The number of hydrogen-bond acceptors (Lipinski definition) is 6. The van der Waals surface area contributed by atoms with Crippen LogP contribution >= 0.6 is 0 Å². The van der Waals surface area contributed by atoms with Gasteiger partial charge in [-0.05, 0) is 49.2 Å². The third-order valence-corrected chi connectivity index (χ3v) is 6.21. The number of amides is 1. The van der Waals surface area contributed by atoms with Crippen molar-refractivity contribution in [2.24, 2.45) is 0 Å². The molecule has 0 bridgehead atoms. The van der Waals surface area contributed by atoms with Gasteiger partial charge in [-0.15, -0.1) is 0 Å². The molecule has 1 fully saturated rings. The number of carbonyl (C=O) groups excluding carboxylic acids is 1. The van der Waals surface area contributed by atoms with Crippen LogP contribution in [0.4, 0.5) is 5.82 Å². The molecule has 0 aliphatic carbocycles. The summed E-state index contributed by atoms with van der Waals surface area (Å²) in [6.45, 7) is 4.82. The number of nitrogens with zero attached hydrogens (tertiary/aromatic N) is 6. The first-order valence-electron chi connectivity index (χ1n) is 11.7. The summed E-state index contributed by atoms with van der Waals surface area (Å²) in [5.41, 5.74) is 3.88. The van der Waals surface area contributed by atoms with Gasteiger partial charge < -0.3 is 18.9 Å². The average molecular weight is 467 g/mol. The molecule has 3 aromatic heterocycles. The fourth-order valence-corrected chi connectivity index (χ4v) is 4.43. The third kappa shape index (κ3) is 4.66. The zero-order valence-electron chi connectivity index (χ0n) is 19.6. The maximum atomic E-state index is 13.5. The van der Waals surface area contributed by atoms with E-state index in [1.165, 1.54) is 0 Å². The molecule has 176 valence electrons. The Labute approximate surface area is 204 Å². The fraction of sp³-hybridized carbons (Fsp3) is 0.259. The van der Waals surface area contributed by atoms with Gasteiger partial charge in [0.1, 0.15) is 29.9 Å². The first-order chi connectivity index (χ1) is 17.1. The van der Waals surface area contributed by atoms with E-state index in [1.54, 1.807) is 24.4 Å². The van der Waals surface area contributed by atoms with Crippen LogP contribution in [0.15, 0.2) is 67.1 Å². The SMILES string of the molecule is Cc1cccn2cc(COc3ccccc3C(=O)N3CCCN(c4ncccc4C#N)CC3)nc12. The second-order valence-electron chi connectivity index (χ2n) is 8.56. The van der Waals surface area contributed by atoms with E-state index < -0.39 is 0 Å². The lowest BCUT2D eigenvalue weighted by atomic mass is 10.1. The van der Waals surface area contributed by atoms with E-state index in [9.17, 15) is 10.1 Å². The predicted molar refractivity (Wildman–Crippen MR) is 132 cm³/mol. The number of aryl methyl sites for hydroxylation is 1. The Kier molecular flexibility index (Phi) is 6.31. The van der Waals surface area contributed by atoms with Crippen LogP contribution in [-0.2, 0) is 6.61 Å². The highest BCUT2D eigenvalue weighted by atomic mass is 16.5. The Hall–Kier alpha value is -4.38. The molecule has 8 nitrogen and oxygen atoms in total. The Morgan fingerprint density at radius 3 is 2.83 bits per heavy atom. The molecule has 5 rings (SSSR count). The van der Waals surface area contributed by atoms with Crippen LogP contribution in [0, 0.1) is 18.3 Å². The van der Waals surface area contributed by atoms with E-state index >= 15 is 0 Å². The summed E-state index contributed by atoms with van der Waals surface area (Å²) in [6, 6.07) is 17.1. The lowest BCUT2D eigenvalue weighted by Gasteiger charge is -2.24. The van der Waals surface area contributed by atoms with Crippen molar-refractivity contribution in [2.45, 2.75) is 20.0 Å². The first-order valence-corrected chi connectivity index (χ1v) is 11.7. The van der Waals surface area contributed by atoms with Crippen molar-refractivity contribution in [1.29, 1.82) is 5.26 Å². The summed E-state index contributed by atoms with van der Waals surface area (Å²) in [4.78, 5) is 26.5. The van der Waals surface area contributed by atoms with Gasteiger partial charge in [-0.25, -0.2) is 9.97 Å².